The molecule has 0 amide bonds. The van der Waals surface area contributed by atoms with Crippen LogP contribution in [0.3, 0.4) is 0 Å². The maximum atomic E-state index is 5.00. The third kappa shape index (κ3) is 4.01. The van der Waals surface area contributed by atoms with Gasteiger partial charge in [0.25, 0.3) is 0 Å². The first kappa shape index (κ1) is 12.3. The fraction of sp³-hybridized carbons (Fsp3) is 1.00. The number of hydrogen-bond donors (Lipinski definition) is 1. The molecule has 0 unspecified atom stereocenters. The molecule has 2 aliphatic rings. The van der Waals surface area contributed by atoms with E-state index in [9.17, 15) is 0 Å². The molecule has 1 N–H and O–H groups in total. The van der Waals surface area contributed by atoms with Crippen molar-refractivity contribution in [3.63, 3.8) is 0 Å². The Kier molecular flexibility index (Phi) is 5.03. The van der Waals surface area contributed by atoms with Gasteiger partial charge in [-0.2, -0.15) is 0 Å². The van der Waals surface area contributed by atoms with Crippen LogP contribution in [0.25, 0.3) is 0 Å². The van der Waals surface area contributed by atoms with Gasteiger partial charge >= 0.3 is 0 Å². The fourth-order valence-electron chi connectivity index (χ4n) is 2.33. The average Bonchev–Trinajstić information content (AvgIpc) is 3.14. The van der Waals surface area contributed by atoms with Crippen molar-refractivity contribution in [3.05, 3.63) is 0 Å². The molecule has 0 aromatic rings. The SMILES string of the molecule is COCCNCCN1CCN(C2CC2)CC1. The summed E-state index contributed by atoms with van der Waals surface area (Å²) in [6, 6.07) is 0.946. The quantitative estimate of drug-likeness (QED) is 0.620. The van der Waals surface area contributed by atoms with E-state index in [1.165, 1.54) is 45.6 Å². The molecule has 16 heavy (non-hydrogen) atoms. The van der Waals surface area contributed by atoms with E-state index in [0.717, 1.165) is 25.7 Å². The Labute approximate surface area is 98.9 Å². The van der Waals surface area contributed by atoms with Gasteiger partial charge in [0, 0.05) is 59.0 Å². The lowest BCUT2D eigenvalue weighted by Crippen LogP contribution is -2.48. The lowest BCUT2D eigenvalue weighted by atomic mass is 10.3. The van der Waals surface area contributed by atoms with Crippen molar-refractivity contribution >= 4 is 0 Å². The van der Waals surface area contributed by atoms with Gasteiger partial charge in [-0.1, -0.05) is 0 Å². The minimum Gasteiger partial charge on any atom is -0.383 e. The number of nitrogens with one attached hydrogen (secondary N) is 1. The molecule has 0 radical (unpaired) electrons. The van der Waals surface area contributed by atoms with Gasteiger partial charge in [-0.25, -0.2) is 0 Å². The van der Waals surface area contributed by atoms with Crippen LogP contribution < -0.4 is 5.32 Å². The smallest absolute Gasteiger partial charge is 0.0587 e. The molecule has 0 aromatic carbocycles. The third-order valence-corrected chi connectivity index (χ3v) is 3.56. The topological polar surface area (TPSA) is 27.7 Å². The van der Waals surface area contributed by atoms with E-state index in [-0.39, 0.29) is 0 Å². The van der Waals surface area contributed by atoms with E-state index in [1.807, 2.05) is 0 Å². The first-order valence-corrected chi connectivity index (χ1v) is 6.56. The molecule has 2 fully saturated rings. The molecule has 2 rings (SSSR count). The number of hydrogen-bond acceptors (Lipinski definition) is 4. The second-order valence-electron chi connectivity index (χ2n) is 4.85. The van der Waals surface area contributed by atoms with Gasteiger partial charge in [0.2, 0.25) is 0 Å². The van der Waals surface area contributed by atoms with Gasteiger partial charge in [0.05, 0.1) is 6.61 Å². The van der Waals surface area contributed by atoms with E-state index in [0.29, 0.717) is 0 Å². The number of methoxy groups -OCH3 is 1. The Bertz CT molecular complexity index is 189. The minimum atomic E-state index is 0.815. The molecular formula is C12H25N3O. The molecule has 0 spiro atoms. The summed E-state index contributed by atoms with van der Waals surface area (Å²) in [7, 11) is 1.75. The number of piperazine rings is 1. The maximum Gasteiger partial charge on any atom is 0.0587 e. The Morgan fingerprint density at radius 2 is 1.88 bits per heavy atom. The first-order valence-electron chi connectivity index (χ1n) is 6.56. The molecule has 1 saturated heterocycles. The molecular weight excluding hydrogens is 202 g/mol. The summed E-state index contributed by atoms with van der Waals surface area (Å²) >= 11 is 0. The largest absolute Gasteiger partial charge is 0.383 e. The van der Waals surface area contributed by atoms with Crippen LogP contribution in [-0.2, 0) is 4.74 Å². The van der Waals surface area contributed by atoms with Crippen molar-refractivity contribution in [2.75, 3.05) is 59.5 Å². The van der Waals surface area contributed by atoms with Crippen LogP contribution in [0.2, 0.25) is 0 Å². The predicted octanol–water partition coefficient (Wildman–Crippen LogP) is 0.00240. The van der Waals surface area contributed by atoms with Gasteiger partial charge in [0.15, 0.2) is 0 Å². The Morgan fingerprint density at radius 3 is 2.50 bits per heavy atom. The summed E-state index contributed by atoms with van der Waals surface area (Å²) in [5, 5.41) is 3.40. The Balaban J connectivity index is 1.48. The summed E-state index contributed by atoms with van der Waals surface area (Å²) in [5.74, 6) is 0. The number of nitrogens with zero attached hydrogens (tertiary/aromatic N) is 2. The van der Waals surface area contributed by atoms with Crippen molar-refractivity contribution in [2.45, 2.75) is 18.9 Å². The maximum absolute atomic E-state index is 5.00. The van der Waals surface area contributed by atoms with Crippen LogP contribution in [0.4, 0.5) is 0 Å². The molecule has 1 saturated carbocycles. The van der Waals surface area contributed by atoms with Crippen molar-refractivity contribution in [1.82, 2.24) is 15.1 Å². The van der Waals surface area contributed by atoms with E-state index in [4.69, 9.17) is 4.74 Å². The van der Waals surface area contributed by atoms with Crippen molar-refractivity contribution in [3.8, 4) is 0 Å². The number of rotatable bonds is 7. The highest BCUT2D eigenvalue weighted by Gasteiger charge is 2.30. The molecule has 1 heterocycles. The van der Waals surface area contributed by atoms with E-state index in [1.54, 1.807) is 7.11 Å². The van der Waals surface area contributed by atoms with Crippen LogP contribution in [0.1, 0.15) is 12.8 Å². The zero-order valence-corrected chi connectivity index (χ0v) is 10.5. The van der Waals surface area contributed by atoms with E-state index in [2.05, 4.69) is 15.1 Å². The van der Waals surface area contributed by atoms with E-state index < -0.39 is 0 Å². The Hall–Kier alpha value is -0.160. The normalized spacial score (nSPS) is 23.8. The zero-order chi connectivity index (χ0) is 11.2. The fourth-order valence-corrected chi connectivity index (χ4v) is 2.33. The minimum absolute atomic E-state index is 0.815. The lowest BCUT2D eigenvalue weighted by molar-refractivity contribution is 0.126. The predicted molar refractivity (Wildman–Crippen MR) is 65.8 cm³/mol. The van der Waals surface area contributed by atoms with Gasteiger partial charge in [-0.3, -0.25) is 9.80 Å². The second kappa shape index (κ2) is 6.55. The van der Waals surface area contributed by atoms with Crippen LogP contribution in [0, 0.1) is 0 Å². The van der Waals surface area contributed by atoms with Crippen LogP contribution in [0.5, 0.6) is 0 Å². The number of ether oxygens (including phenoxy) is 1. The Morgan fingerprint density at radius 1 is 1.12 bits per heavy atom. The van der Waals surface area contributed by atoms with Crippen molar-refractivity contribution < 1.29 is 4.74 Å². The van der Waals surface area contributed by atoms with Gasteiger partial charge in [-0.05, 0) is 12.8 Å². The highest BCUT2D eigenvalue weighted by atomic mass is 16.5. The second-order valence-corrected chi connectivity index (χ2v) is 4.85. The molecule has 94 valence electrons. The van der Waals surface area contributed by atoms with Crippen LogP contribution in [-0.4, -0.2) is 75.4 Å². The van der Waals surface area contributed by atoms with Crippen LogP contribution >= 0.6 is 0 Å². The summed E-state index contributed by atoms with van der Waals surface area (Å²) in [4.78, 5) is 5.23. The molecule has 0 atom stereocenters. The van der Waals surface area contributed by atoms with Crippen molar-refractivity contribution in [1.29, 1.82) is 0 Å². The summed E-state index contributed by atoms with van der Waals surface area (Å²) < 4.78 is 5.00. The highest BCUT2D eigenvalue weighted by Crippen LogP contribution is 2.27. The summed E-state index contributed by atoms with van der Waals surface area (Å²) in [6.45, 7) is 9.12. The zero-order valence-electron chi connectivity index (χ0n) is 10.5. The molecule has 4 heteroatoms. The molecule has 0 aromatic heterocycles. The van der Waals surface area contributed by atoms with E-state index >= 15 is 0 Å². The molecule has 1 aliphatic carbocycles. The van der Waals surface area contributed by atoms with Crippen molar-refractivity contribution in [2.24, 2.45) is 0 Å². The summed E-state index contributed by atoms with van der Waals surface area (Å²) in [6.07, 6.45) is 2.89. The molecule has 1 aliphatic heterocycles. The lowest BCUT2D eigenvalue weighted by Gasteiger charge is -2.34. The van der Waals surface area contributed by atoms with Gasteiger partial charge in [0.1, 0.15) is 0 Å². The van der Waals surface area contributed by atoms with Crippen LogP contribution in [0.15, 0.2) is 0 Å². The van der Waals surface area contributed by atoms with Gasteiger partial charge < -0.3 is 10.1 Å². The third-order valence-electron chi connectivity index (χ3n) is 3.56. The van der Waals surface area contributed by atoms with Gasteiger partial charge in [-0.15, -0.1) is 0 Å². The first-order chi connectivity index (χ1) is 7.90. The standard InChI is InChI=1S/C12H25N3O/c1-16-11-5-13-4-6-14-7-9-15(10-8-14)12-2-3-12/h12-13H,2-11H2,1H3. The molecule has 0 bridgehead atoms. The summed E-state index contributed by atoms with van der Waals surface area (Å²) in [5.41, 5.74) is 0. The molecule has 4 nitrogen and oxygen atoms in total. The highest BCUT2D eigenvalue weighted by molar-refractivity contribution is 4.87. The monoisotopic (exact) mass is 227 g/mol. The average molecular weight is 227 g/mol.